The van der Waals surface area contributed by atoms with Crippen LogP contribution in [0.2, 0.25) is 0 Å². The van der Waals surface area contributed by atoms with Gasteiger partial charge in [0.1, 0.15) is 11.4 Å². The number of piperazine rings is 1. The van der Waals surface area contributed by atoms with E-state index < -0.39 is 17.7 Å². The van der Waals surface area contributed by atoms with E-state index in [1.54, 1.807) is 29.7 Å². The summed E-state index contributed by atoms with van der Waals surface area (Å²) in [5, 5.41) is 22.4. The molecule has 3 heterocycles. The molecule has 0 spiro atoms. The first kappa shape index (κ1) is 31.0. The lowest BCUT2D eigenvalue weighted by Crippen LogP contribution is -2.56. The Labute approximate surface area is 266 Å². The van der Waals surface area contributed by atoms with Gasteiger partial charge < -0.3 is 34.1 Å². The Bertz CT molecular complexity index is 1650. The van der Waals surface area contributed by atoms with Crippen LogP contribution in [0.15, 0.2) is 54.9 Å². The molecule has 2 aliphatic rings. The summed E-state index contributed by atoms with van der Waals surface area (Å²) in [4.78, 5) is 38.6. The molecule has 4 aromatic rings. The first-order chi connectivity index (χ1) is 21.8. The second-order valence-electron chi connectivity index (χ2n) is 11.9. The van der Waals surface area contributed by atoms with Crippen molar-refractivity contribution >= 4 is 33.6 Å². The summed E-state index contributed by atoms with van der Waals surface area (Å²) in [6.45, 7) is 3.06. The smallest absolute Gasteiger partial charge is 0.407 e. The Morgan fingerprint density at radius 3 is 2.73 bits per heavy atom. The Hall–Kier alpha value is -4.00. The van der Waals surface area contributed by atoms with E-state index in [1.165, 1.54) is 4.90 Å². The van der Waals surface area contributed by atoms with E-state index in [0.29, 0.717) is 30.9 Å². The van der Waals surface area contributed by atoms with E-state index in [9.17, 15) is 19.8 Å². The average molecular weight is 634 g/mol. The molecule has 45 heavy (non-hydrogen) atoms. The molecule has 11 nitrogen and oxygen atoms in total. The highest BCUT2D eigenvalue weighted by atomic mass is 32.1. The van der Waals surface area contributed by atoms with Crippen molar-refractivity contribution in [3.05, 3.63) is 65.6 Å². The van der Waals surface area contributed by atoms with Gasteiger partial charge in [0.25, 0.3) is 5.91 Å². The van der Waals surface area contributed by atoms with Gasteiger partial charge in [0.05, 0.1) is 52.5 Å². The van der Waals surface area contributed by atoms with Gasteiger partial charge in [-0.2, -0.15) is 0 Å². The van der Waals surface area contributed by atoms with Gasteiger partial charge in [0.15, 0.2) is 5.69 Å². The van der Waals surface area contributed by atoms with E-state index in [4.69, 9.17) is 9.47 Å². The Balaban J connectivity index is 1.28. The van der Waals surface area contributed by atoms with Gasteiger partial charge in [-0.3, -0.25) is 4.79 Å². The zero-order chi connectivity index (χ0) is 31.6. The molecule has 1 saturated heterocycles. The van der Waals surface area contributed by atoms with Gasteiger partial charge >= 0.3 is 6.09 Å². The summed E-state index contributed by atoms with van der Waals surface area (Å²) in [6.07, 6.45) is 4.24. The van der Waals surface area contributed by atoms with E-state index in [-0.39, 0.29) is 43.9 Å². The third-order valence-electron chi connectivity index (χ3n) is 8.93. The largest absolute Gasteiger partial charge is 0.493 e. The number of methoxy groups -OCH3 is 1. The highest BCUT2D eigenvalue weighted by molar-refractivity contribution is 7.18. The molecule has 2 aromatic carbocycles. The van der Waals surface area contributed by atoms with Crippen molar-refractivity contribution in [2.75, 3.05) is 40.0 Å². The molecule has 1 aliphatic carbocycles. The minimum atomic E-state index is -1.09. The minimum absolute atomic E-state index is 0.173. The number of hydrogen-bond acceptors (Lipinski definition) is 8. The van der Waals surface area contributed by atoms with Crippen molar-refractivity contribution in [1.29, 1.82) is 0 Å². The number of rotatable bonds is 9. The quantitative estimate of drug-likeness (QED) is 0.256. The average Bonchev–Trinajstić information content (AvgIpc) is 3.64. The molecular formula is C33H39N5O6S. The number of benzene rings is 2. The van der Waals surface area contributed by atoms with Gasteiger partial charge in [0.2, 0.25) is 0 Å². The number of carbonyl (C=O) groups excluding carboxylic acids is 1. The molecule has 0 bridgehead atoms. The number of aryl methyl sites for hydroxylation is 1. The molecule has 1 aliphatic heterocycles. The van der Waals surface area contributed by atoms with Crippen molar-refractivity contribution in [2.45, 2.75) is 56.7 Å². The fraction of sp³-hybridized carbons (Fsp3) is 0.455. The van der Waals surface area contributed by atoms with Crippen LogP contribution in [0, 0.1) is 6.92 Å². The lowest BCUT2D eigenvalue weighted by Gasteiger charge is -2.41. The van der Waals surface area contributed by atoms with Crippen molar-refractivity contribution < 1.29 is 29.3 Å². The zero-order valence-electron chi connectivity index (χ0n) is 25.6. The normalized spacial score (nSPS) is 22.1. The Morgan fingerprint density at radius 1 is 1.13 bits per heavy atom. The predicted octanol–water partition coefficient (Wildman–Crippen LogP) is 5.23. The zero-order valence-corrected chi connectivity index (χ0v) is 26.4. The number of imidazole rings is 1. The second kappa shape index (κ2) is 13.2. The molecule has 0 unspecified atom stereocenters. The third-order valence-corrected chi connectivity index (χ3v) is 9.88. The van der Waals surface area contributed by atoms with Gasteiger partial charge in [-0.1, -0.05) is 43.2 Å². The summed E-state index contributed by atoms with van der Waals surface area (Å²) in [7, 11) is 1.59. The molecule has 1 saturated carbocycles. The van der Waals surface area contributed by atoms with Gasteiger partial charge in [-0.15, -0.1) is 11.3 Å². The molecule has 3 atom stereocenters. The minimum Gasteiger partial charge on any atom is -0.493 e. The first-order valence-electron chi connectivity index (χ1n) is 15.4. The number of nitrogens with zero attached hydrogens (tertiary/aromatic N) is 5. The molecular weight excluding hydrogens is 594 g/mol. The predicted molar refractivity (Wildman–Crippen MR) is 171 cm³/mol. The van der Waals surface area contributed by atoms with E-state index in [0.717, 1.165) is 40.1 Å². The Morgan fingerprint density at radius 2 is 1.96 bits per heavy atom. The molecule has 2 amide bonds. The maximum absolute atomic E-state index is 14.4. The standard InChI is InChI=1S/C33H39N5O6S/c1-22-35-26-18-25(11-12-27(26)45-22)44-17-13-24-19-36(32(40)41)15-16-37(24)31(39)29-30(23-8-4-3-5-9-23)38(21-34-29)28-10-6-7-14-33(28,42)20-43-2/h3-5,8-9,11-12,18,21,24,28,42H,6-7,10,13-17,19-20H2,1-2H3,(H,40,41)/t24-,28-,33-/m1/s1. The van der Waals surface area contributed by atoms with Crippen LogP contribution in [0.5, 0.6) is 5.75 Å². The molecule has 2 fully saturated rings. The number of fused-ring (bicyclic) bond motifs is 1. The fourth-order valence-corrected chi connectivity index (χ4v) is 7.57. The van der Waals surface area contributed by atoms with Crippen LogP contribution >= 0.6 is 11.3 Å². The number of hydrogen-bond donors (Lipinski definition) is 2. The van der Waals surface area contributed by atoms with Crippen molar-refractivity contribution in [2.24, 2.45) is 0 Å². The fourth-order valence-electron chi connectivity index (χ4n) is 6.76. The van der Waals surface area contributed by atoms with E-state index in [2.05, 4.69) is 9.97 Å². The summed E-state index contributed by atoms with van der Waals surface area (Å²) in [6, 6.07) is 14.7. The monoisotopic (exact) mass is 633 g/mol. The van der Waals surface area contributed by atoms with E-state index >= 15 is 0 Å². The van der Waals surface area contributed by atoms with Crippen molar-refractivity contribution in [3.63, 3.8) is 0 Å². The molecule has 6 rings (SSSR count). The lowest BCUT2D eigenvalue weighted by molar-refractivity contribution is -0.0893. The molecule has 2 aromatic heterocycles. The summed E-state index contributed by atoms with van der Waals surface area (Å²) in [5.41, 5.74) is 1.53. The van der Waals surface area contributed by atoms with Crippen LogP contribution in [0.3, 0.4) is 0 Å². The maximum Gasteiger partial charge on any atom is 0.407 e. The number of amides is 2. The maximum atomic E-state index is 14.4. The van der Waals surface area contributed by atoms with Gasteiger partial charge in [0, 0.05) is 44.8 Å². The van der Waals surface area contributed by atoms with Crippen LogP contribution in [0.4, 0.5) is 4.79 Å². The second-order valence-corrected chi connectivity index (χ2v) is 13.1. The summed E-state index contributed by atoms with van der Waals surface area (Å²) in [5.74, 6) is 0.408. The molecule has 238 valence electrons. The number of ether oxygens (including phenoxy) is 2. The van der Waals surface area contributed by atoms with E-state index in [1.807, 2.05) is 60.0 Å². The molecule has 0 radical (unpaired) electrons. The third kappa shape index (κ3) is 6.40. The summed E-state index contributed by atoms with van der Waals surface area (Å²) < 4.78 is 14.6. The number of aromatic nitrogens is 3. The summed E-state index contributed by atoms with van der Waals surface area (Å²) >= 11 is 1.62. The molecule has 12 heteroatoms. The number of carbonyl (C=O) groups is 2. The van der Waals surface area contributed by atoms with Gasteiger partial charge in [-0.25, -0.2) is 14.8 Å². The Kier molecular flexibility index (Phi) is 9.06. The highest BCUT2D eigenvalue weighted by Gasteiger charge is 2.43. The molecule has 2 N–H and O–H groups in total. The number of aliphatic hydroxyl groups is 1. The van der Waals surface area contributed by atoms with Crippen LogP contribution in [-0.2, 0) is 4.74 Å². The van der Waals surface area contributed by atoms with Crippen LogP contribution in [0.25, 0.3) is 21.5 Å². The van der Waals surface area contributed by atoms with Crippen LogP contribution in [0.1, 0.15) is 53.6 Å². The first-order valence-corrected chi connectivity index (χ1v) is 16.2. The van der Waals surface area contributed by atoms with Crippen molar-refractivity contribution in [3.8, 4) is 17.0 Å². The number of carboxylic acid groups (broad SMARTS) is 1. The SMILES string of the molecule is COC[C@]1(O)CCCC[C@H]1n1cnc(C(=O)N2CCN(C(=O)O)C[C@H]2CCOc2ccc3sc(C)nc3c2)c1-c1ccccc1. The highest BCUT2D eigenvalue weighted by Crippen LogP contribution is 2.41. The van der Waals surface area contributed by atoms with Crippen LogP contribution < -0.4 is 4.74 Å². The lowest BCUT2D eigenvalue weighted by atomic mass is 9.80. The topological polar surface area (TPSA) is 130 Å². The van der Waals surface area contributed by atoms with Crippen LogP contribution in [-0.4, -0.2) is 98.1 Å². The van der Waals surface area contributed by atoms with Crippen molar-refractivity contribution in [1.82, 2.24) is 24.3 Å². The van der Waals surface area contributed by atoms with Gasteiger partial charge in [-0.05, 0) is 31.9 Å². The number of thiazole rings is 1.